The van der Waals surface area contributed by atoms with Crippen molar-refractivity contribution in [3.05, 3.63) is 47.0 Å². The number of aromatic nitrogens is 1. The number of ether oxygens (including phenoxy) is 1. The summed E-state index contributed by atoms with van der Waals surface area (Å²) in [7, 11) is -0.769. The number of hydrogen-bond donors (Lipinski definition) is 0. The molecule has 0 aliphatic carbocycles. The van der Waals surface area contributed by atoms with E-state index in [9.17, 15) is 4.39 Å². The number of hydrogen-bond acceptors (Lipinski definition) is 4. The van der Waals surface area contributed by atoms with Crippen LogP contribution in [-0.4, -0.2) is 23.3 Å². The molecule has 138 valence electrons. The molecule has 3 rings (SSSR count). The molecule has 0 unspecified atom stereocenters. The van der Waals surface area contributed by atoms with Gasteiger partial charge in [-0.15, -0.1) is 0 Å². The quantitative estimate of drug-likeness (QED) is 0.734. The van der Waals surface area contributed by atoms with Crippen LogP contribution in [0, 0.1) is 5.82 Å². The first-order chi connectivity index (χ1) is 12.2. The standard InChI is InChI=1S/C19H22BClFNO3/c1-6-13-15(24-12-8-7-9-23-11-12)10-14(22)17(21)16(13)20-25-18(2,3)19(4,5)26-20/h7-11H,6H2,1-5H3. The van der Waals surface area contributed by atoms with Crippen molar-refractivity contribution in [2.45, 2.75) is 52.2 Å². The first kappa shape index (κ1) is 19.1. The number of halogens is 2. The predicted molar refractivity (Wildman–Crippen MR) is 101 cm³/mol. The van der Waals surface area contributed by atoms with Gasteiger partial charge in [-0.25, -0.2) is 4.39 Å². The smallest absolute Gasteiger partial charge is 0.455 e. The van der Waals surface area contributed by atoms with E-state index < -0.39 is 24.1 Å². The lowest BCUT2D eigenvalue weighted by Crippen LogP contribution is -2.41. The van der Waals surface area contributed by atoms with Gasteiger partial charge in [-0.1, -0.05) is 18.5 Å². The number of nitrogens with zero attached hydrogens (tertiary/aromatic N) is 1. The zero-order chi connectivity index (χ0) is 19.1. The Bertz CT molecular complexity index is 798. The van der Waals surface area contributed by atoms with E-state index in [1.165, 1.54) is 6.07 Å². The highest BCUT2D eigenvalue weighted by molar-refractivity contribution is 6.66. The van der Waals surface area contributed by atoms with Gasteiger partial charge in [0.15, 0.2) is 0 Å². The van der Waals surface area contributed by atoms with Gasteiger partial charge in [0, 0.05) is 17.7 Å². The summed E-state index contributed by atoms with van der Waals surface area (Å²) < 4.78 is 32.6. The van der Waals surface area contributed by atoms with Crippen molar-refractivity contribution < 1.29 is 18.4 Å². The van der Waals surface area contributed by atoms with Crippen molar-refractivity contribution in [1.29, 1.82) is 0 Å². The average Bonchev–Trinajstić information content (AvgIpc) is 2.79. The molecule has 0 amide bonds. The summed E-state index contributed by atoms with van der Waals surface area (Å²) >= 11 is 6.32. The predicted octanol–water partition coefficient (Wildman–Crippen LogP) is 4.53. The molecule has 0 atom stereocenters. The zero-order valence-corrected chi connectivity index (χ0v) is 16.4. The first-order valence-corrected chi connectivity index (χ1v) is 8.98. The maximum absolute atomic E-state index is 14.6. The van der Waals surface area contributed by atoms with E-state index >= 15 is 0 Å². The topological polar surface area (TPSA) is 40.6 Å². The van der Waals surface area contributed by atoms with Gasteiger partial charge in [0.05, 0.1) is 22.4 Å². The maximum Gasteiger partial charge on any atom is 0.496 e. The van der Waals surface area contributed by atoms with Gasteiger partial charge in [0.1, 0.15) is 17.3 Å². The third-order valence-electron chi connectivity index (χ3n) is 5.03. The van der Waals surface area contributed by atoms with Crippen LogP contribution in [0.5, 0.6) is 11.5 Å². The average molecular weight is 378 g/mol. The summed E-state index contributed by atoms with van der Waals surface area (Å²) in [6, 6.07) is 4.80. The molecule has 4 nitrogen and oxygen atoms in total. The van der Waals surface area contributed by atoms with Crippen LogP contribution in [0.1, 0.15) is 40.2 Å². The van der Waals surface area contributed by atoms with Crippen molar-refractivity contribution in [2.75, 3.05) is 0 Å². The van der Waals surface area contributed by atoms with E-state index in [4.69, 9.17) is 25.6 Å². The third kappa shape index (κ3) is 3.33. The van der Waals surface area contributed by atoms with Gasteiger partial charge in [-0.2, -0.15) is 0 Å². The Morgan fingerprint density at radius 2 is 1.88 bits per heavy atom. The fourth-order valence-corrected chi connectivity index (χ4v) is 3.11. The van der Waals surface area contributed by atoms with Crippen molar-refractivity contribution in [3.8, 4) is 11.5 Å². The van der Waals surface area contributed by atoms with Gasteiger partial charge in [-0.3, -0.25) is 4.98 Å². The molecule has 26 heavy (non-hydrogen) atoms. The monoisotopic (exact) mass is 377 g/mol. The summed E-state index contributed by atoms with van der Waals surface area (Å²) in [6.07, 6.45) is 3.79. The van der Waals surface area contributed by atoms with Crippen LogP contribution in [0.25, 0.3) is 0 Å². The van der Waals surface area contributed by atoms with Gasteiger partial charge in [-0.05, 0) is 51.8 Å². The maximum atomic E-state index is 14.6. The summed E-state index contributed by atoms with van der Waals surface area (Å²) in [5, 5.41) is -0.00103. The van der Waals surface area contributed by atoms with E-state index in [0.29, 0.717) is 23.4 Å². The van der Waals surface area contributed by atoms with Gasteiger partial charge < -0.3 is 14.0 Å². The molecule has 1 fully saturated rings. The highest BCUT2D eigenvalue weighted by Gasteiger charge is 2.53. The van der Waals surface area contributed by atoms with Gasteiger partial charge >= 0.3 is 7.12 Å². The second-order valence-electron chi connectivity index (χ2n) is 7.30. The molecule has 0 spiro atoms. The van der Waals surface area contributed by atoms with E-state index in [2.05, 4.69) is 4.98 Å². The Hall–Kier alpha value is -1.63. The fraction of sp³-hybridized carbons (Fsp3) is 0.421. The largest absolute Gasteiger partial charge is 0.496 e. The molecular formula is C19H22BClFNO3. The summed E-state index contributed by atoms with van der Waals surface area (Å²) in [5.41, 5.74) is 0.122. The Morgan fingerprint density at radius 3 is 2.42 bits per heavy atom. The van der Waals surface area contributed by atoms with Crippen molar-refractivity contribution in [1.82, 2.24) is 4.98 Å². The lowest BCUT2D eigenvalue weighted by atomic mass is 9.74. The number of pyridine rings is 1. The molecular weight excluding hydrogens is 355 g/mol. The molecule has 1 saturated heterocycles. The van der Waals surface area contributed by atoms with Crippen molar-refractivity contribution in [2.24, 2.45) is 0 Å². The molecule has 1 aliphatic heterocycles. The SMILES string of the molecule is CCc1c(Oc2cccnc2)cc(F)c(Cl)c1B1OC(C)(C)C(C)(C)O1. The Labute approximate surface area is 158 Å². The Kier molecular flexibility index (Phi) is 5.03. The molecule has 2 aromatic rings. The second kappa shape index (κ2) is 6.84. The van der Waals surface area contributed by atoms with E-state index in [-0.39, 0.29) is 5.02 Å². The molecule has 1 aromatic carbocycles. The van der Waals surface area contributed by atoms with Crippen LogP contribution >= 0.6 is 11.6 Å². The van der Waals surface area contributed by atoms with E-state index in [1.54, 1.807) is 24.5 Å². The molecule has 1 aliphatic rings. The third-order valence-corrected chi connectivity index (χ3v) is 5.42. The molecule has 0 radical (unpaired) electrons. The number of rotatable bonds is 4. The Balaban J connectivity index is 2.08. The van der Waals surface area contributed by atoms with Crippen LogP contribution in [-0.2, 0) is 15.7 Å². The minimum atomic E-state index is -0.769. The minimum absolute atomic E-state index is 0.00103. The van der Waals surface area contributed by atoms with Crippen LogP contribution in [0.15, 0.2) is 30.6 Å². The molecule has 7 heteroatoms. The van der Waals surface area contributed by atoms with E-state index in [0.717, 1.165) is 5.56 Å². The minimum Gasteiger partial charge on any atom is -0.455 e. The molecule has 0 bridgehead atoms. The Morgan fingerprint density at radius 1 is 1.23 bits per heavy atom. The zero-order valence-electron chi connectivity index (χ0n) is 15.6. The number of benzene rings is 1. The van der Waals surface area contributed by atoms with Gasteiger partial charge in [0.2, 0.25) is 0 Å². The van der Waals surface area contributed by atoms with Crippen molar-refractivity contribution in [3.63, 3.8) is 0 Å². The fourth-order valence-electron chi connectivity index (χ4n) is 2.86. The highest BCUT2D eigenvalue weighted by atomic mass is 35.5. The summed E-state index contributed by atoms with van der Waals surface area (Å²) in [6.45, 7) is 9.73. The normalized spacial score (nSPS) is 18.2. The molecule has 0 saturated carbocycles. The molecule has 2 heterocycles. The van der Waals surface area contributed by atoms with Crippen molar-refractivity contribution >= 4 is 24.2 Å². The lowest BCUT2D eigenvalue weighted by molar-refractivity contribution is 0.00578. The van der Waals surface area contributed by atoms with E-state index in [1.807, 2.05) is 34.6 Å². The van der Waals surface area contributed by atoms with Gasteiger partial charge in [0.25, 0.3) is 0 Å². The van der Waals surface area contributed by atoms with Crippen LogP contribution < -0.4 is 10.2 Å². The first-order valence-electron chi connectivity index (χ1n) is 8.60. The highest BCUT2D eigenvalue weighted by Crippen LogP contribution is 2.39. The lowest BCUT2D eigenvalue weighted by Gasteiger charge is -2.32. The molecule has 1 aromatic heterocycles. The second-order valence-corrected chi connectivity index (χ2v) is 7.67. The molecule has 0 N–H and O–H groups in total. The van der Waals surface area contributed by atoms with Crippen LogP contribution in [0.2, 0.25) is 5.02 Å². The van der Waals surface area contributed by atoms with Crippen LogP contribution in [0.3, 0.4) is 0 Å². The van der Waals surface area contributed by atoms with Crippen LogP contribution in [0.4, 0.5) is 4.39 Å². The summed E-state index contributed by atoms with van der Waals surface area (Å²) in [5.74, 6) is 0.323. The summed E-state index contributed by atoms with van der Waals surface area (Å²) in [4.78, 5) is 4.02.